The second kappa shape index (κ2) is 7.14. The van der Waals surface area contributed by atoms with Gasteiger partial charge in [-0.1, -0.05) is 11.8 Å². The van der Waals surface area contributed by atoms with Crippen LogP contribution in [0.5, 0.6) is 0 Å². The van der Waals surface area contributed by atoms with Gasteiger partial charge in [-0.3, -0.25) is 9.89 Å². The van der Waals surface area contributed by atoms with Crippen LogP contribution in [-0.4, -0.2) is 61.8 Å². The predicted molar refractivity (Wildman–Crippen MR) is 69.3 cm³/mol. The molecule has 0 spiro atoms. The predicted octanol–water partition coefficient (Wildman–Crippen LogP) is 0.791. The Balaban J connectivity index is 1.52. The summed E-state index contributed by atoms with van der Waals surface area (Å²) >= 11 is 1.85. The van der Waals surface area contributed by atoms with Crippen molar-refractivity contribution in [3.63, 3.8) is 0 Å². The zero-order chi connectivity index (χ0) is 11.1. The average molecular weight is 243 g/mol. The van der Waals surface area contributed by atoms with Crippen molar-refractivity contribution in [2.24, 2.45) is 4.99 Å². The molecule has 2 aliphatic rings. The fraction of sp³-hybridized carbons (Fsp3) is 0.909. The van der Waals surface area contributed by atoms with E-state index in [0.29, 0.717) is 0 Å². The fourth-order valence-corrected chi connectivity index (χ4v) is 2.74. The summed E-state index contributed by atoms with van der Waals surface area (Å²) in [7, 11) is 0. The van der Waals surface area contributed by atoms with Crippen LogP contribution in [0.4, 0.5) is 0 Å². The molecule has 1 N–H and O–H groups in total. The van der Waals surface area contributed by atoms with Gasteiger partial charge in [0.05, 0.1) is 13.2 Å². The van der Waals surface area contributed by atoms with Crippen molar-refractivity contribution in [3.05, 3.63) is 0 Å². The van der Waals surface area contributed by atoms with Crippen molar-refractivity contribution >= 4 is 16.9 Å². The molecule has 5 heteroatoms. The molecule has 2 aliphatic heterocycles. The van der Waals surface area contributed by atoms with Gasteiger partial charge >= 0.3 is 0 Å². The summed E-state index contributed by atoms with van der Waals surface area (Å²) in [4.78, 5) is 6.92. The van der Waals surface area contributed by atoms with Gasteiger partial charge in [-0.15, -0.1) is 0 Å². The summed E-state index contributed by atoms with van der Waals surface area (Å²) in [5.41, 5.74) is 0. The van der Waals surface area contributed by atoms with E-state index >= 15 is 0 Å². The number of thioether (sulfide) groups is 1. The maximum absolute atomic E-state index is 5.32. The van der Waals surface area contributed by atoms with Crippen molar-refractivity contribution in [1.29, 1.82) is 0 Å². The summed E-state index contributed by atoms with van der Waals surface area (Å²) in [6.45, 7) is 7.20. The van der Waals surface area contributed by atoms with E-state index in [1.807, 2.05) is 11.8 Å². The van der Waals surface area contributed by atoms with Gasteiger partial charge in [0.2, 0.25) is 0 Å². The lowest BCUT2D eigenvalue weighted by Gasteiger charge is -2.26. The highest BCUT2D eigenvalue weighted by molar-refractivity contribution is 8.13. The highest BCUT2D eigenvalue weighted by atomic mass is 32.2. The Morgan fingerprint density at radius 2 is 2.25 bits per heavy atom. The molecule has 0 radical (unpaired) electrons. The van der Waals surface area contributed by atoms with Crippen molar-refractivity contribution in [2.75, 3.05) is 51.7 Å². The molecule has 0 aromatic heterocycles. The highest BCUT2D eigenvalue weighted by Gasteiger charge is 2.09. The second-order valence-electron chi connectivity index (χ2n) is 4.12. The molecule has 0 amide bonds. The lowest BCUT2D eigenvalue weighted by atomic mass is 10.3. The van der Waals surface area contributed by atoms with Gasteiger partial charge in [-0.2, -0.15) is 0 Å². The molecule has 1 saturated heterocycles. The van der Waals surface area contributed by atoms with Gasteiger partial charge in [0.15, 0.2) is 5.17 Å². The number of nitrogens with one attached hydrogen (secondary N) is 1. The van der Waals surface area contributed by atoms with E-state index in [2.05, 4.69) is 15.2 Å². The van der Waals surface area contributed by atoms with Crippen LogP contribution in [0.3, 0.4) is 0 Å². The van der Waals surface area contributed by atoms with Crippen LogP contribution >= 0.6 is 11.8 Å². The molecule has 2 rings (SSSR count). The molecular weight excluding hydrogens is 222 g/mol. The van der Waals surface area contributed by atoms with E-state index in [4.69, 9.17) is 4.74 Å². The summed E-state index contributed by atoms with van der Waals surface area (Å²) in [5.74, 6) is 1.22. The van der Waals surface area contributed by atoms with Crippen molar-refractivity contribution in [2.45, 2.75) is 12.8 Å². The van der Waals surface area contributed by atoms with Gasteiger partial charge in [0, 0.05) is 31.9 Å². The minimum atomic E-state index is 0.899. The standard InChI is InChI=1S/C11H21N3OS/c1(5-14-6-8-15-9-7-14)3-12-11-13-4-2-10-16-11/h1-10H2,(H,12,13). The first-order valence-corrected chi connectivity index (χ1v) is 7.15. The van der Waals surface area contributed by atoms with E-state index in [-0.39, 0.29) is 0 Å². The highest BCUT2D eigenvalue weighted by Crippen LogP contribution is 2.09. The first-order chi connectivity index (χ1) is 7.95. The Bertz CT molecular complexity index is 229. The molecular formula is C11H21N3OS. The average Bonchev–Trinajstić information content (AvgIpc) is 2.37. The van der Waals surface area contributed by atoms with E-state index in [0.717, 1.165) is 44.6 Å². The first-order valence-electron chi connectivity index (χ1n) is 6.16. The van der Waals surface area contributed by atoms with Gasteiger partial charge in [0.25, 0.3) is 0 Å². The van der Waals surface area contributed by atoms with Gasteiger partial charge in [-0.05, 0) is 19.4 Å². The minimum absolute atomic E-state index is 0.899. The molecule has 4 nitrogen and oxygen atoms in total. The Kier molecular flexibility index (Phi) is 5.45. The molecule has 0 aromatic rings. The summed E-state index contributed by atoms with van der Waals surface area (Å²) in [6.07, 6.45) is 2.42. The van der Waals surface area contributed by atoms with Crippen LogP contribution in [0.2, 0.25) is 0 Å². The number of aliphatic imine (C=N–C) groups is 1. The molecule has 2 heterocycles. The Hall–Kier alpha value is -0.260. The first kappa shape index (κ1) is 12.2. The maximum atomic E-state index is 5.32. The molecule has 0 aliphatic carbocycles. The van der Waals surface area contributed by atoms with Crippen LogP contribution in [-0.2, 0) is 4.74 Å². The van der Waals surface area contributed by atoms with Crippen LogP contribution in [0.1, 0.15) is 12.8 Å². The van der Waals surface area contributed by atoms with Crippen LogP contribution in [0.25, 0.3) is 0 Å². The Morgan fingerprint density at radius 3 is 3.00 bits per heavy atom. The van der Waals surface area contributed by atoms with E-state index in [1.54, 1.807) is 0 Å². The van der Waals surface area contributed by atoms with Gasteiger partial charge in [-0.25, -0.2) is 0 Å². The third-order valence-corrected chi connectivity index (χ3v) is 3.87. The maximum Gasteiger partial charge on any atom is 0.156 e. The number of amidine groups is 1. The largest absolute Gasteiger partial charge is 0.379 e. The zero-order valence-electron chi connectivity index (χ0n) is 9.78. The fourth-order valence-electron chi connectivity index (χ4n) is 1.89. The third-order valence-electron chi connectivity index (χ3n) is 2.83. The minimum Gasteiger partial charge on any atom is -0.379 e. The SMILES string of the molecule is C1CN=C(NCCCN2CCOCC2)SC1. The Morgan fingerprint density at radius 1 is 1.38 bits per heavy atom. The molecule has 0 atom stereocenters. The number of rotatable bonds is 4. The van der Waals surface area contributed by atoms with Crippen LogP contribution in [0, 0.1) is 0 Å². The summed E-state index contributed by atoms with van der Waals surface area (Å²) in [6, 6.07) is 0. The van der Waals surface area contributed by atoms with Crippen LogP contribution in [0.15, 0.2) is 4.99 Å². The molecule has 16 heavy (non-hydrogen) atoms. The number of hydrogen-bond donors (Lipinski definition) is 1. The lowest BCUT2D eigenvalue weighted by Crippen LogP contribution is -2.38. The molecule has 1 fully saturated rings. The monoisotopic (exact) mass is 243 g/mol. The molecule has 0 saturated carbocycles. The summed E-state index contributed by atoms with van der Waals surface area (Å²) in [5, 5.41) is 4.56. The smallest absolute Gasteiger partial charge is 0.156 e. The lowest BCUT2D eigenvalue weighted by molar-refractivity contribution is 0.0376. The topological polar surface area (TPSA) is 36.9 Å². The van der Waals surface area contributed by atoms with E-state index < -0.39 is 0 Å². The number of nitrogens with zero attached hydrogens (tertiary/aromatic N) is 2. The van der Waals surface area contributed by atoms with Crippen LogP contribution < -0.4 is 5.32 Å². The van der Waals surface area contributed by atoms with E-state index in [9.17, 15) is 0 Å². The van der Waals surface area contributed by atoms with Gasteiger partial charge in [0.1, 0.15) is 0 Å². The van der Waals surface area contributed by atoms with E-state index in [1.165, 1.54) is 25.1 Å². The normalized spacial score (nSPS) is 22.9. The van der Waals surface area contributed by atoms with Crippen molar-refractivity contribution < 1.29 is 4.74 Å². The molecule has 92 valence electrons. The summed E-state index contributed by atoms with van der Waals surface area (Å²) < 4.78 is 5.32. The number of morpholine rings is 1. The van der Waals surface area contributed by atoms with Gasteiger partial charge < -0.3 is 10.1 Å². The zero-order valence-corrected chi connectivity index (χ0v) is 10.6. The molecule has 0 bridgehead atoms. The Labute approximate surface area is 102 Å². The third kappa shape index (κ3) is 4.31. The number of hydrogen-bond acceptors (Lipinski definition) is 5. The molecule has 0 aromatic carbocycles. The van der Waals surface area contributed by atoms with Crippen molar-refractivity contribution in [1.82, 2.24) is 10.2 Å². The second-order valence-corrected chi connectivity index (χ2v) is 5.21. The quantitative estimate of drug-likeness (QED) is 0.741. The van der Waals surface area contributed by atoms with Crippen molar-refractivity contribution in [3.8, 4) is 0 Å². The molecule has 0 unspecified atom stereocenters. The number of ether oxygens (including phenoxy) is 1.